The minimum absolute atomic E-state index is 0.231. The fraction of sp³-hybridized carbons (Fsp3) is 0.714. The Hall–Kier alpha value is -0.760. The second-order valence-electron chi connectivity index (χ2n) is 5.19. The van der Waals surface area contributed by atoms with Gasteiger partial charge in [0.05, 0.1) is 0 Å². The number of aromatic nitrogens is 1. The molecule has 1 saturated carbocycles. The zero-order valence-corrected chi connectivity index (χ0v) is 10.4. The molecule has 90 valence electrons. The third-order valence-corrected chi connectivity index (χ3v) is 3.74. The van der Waals surface area contributed by atoms with Crippen LogP contribution in [0.2, 0.25) is 0 Å². The number of nitrogens with zero attached hydrogens (tertiary/aromatic N) is 1. The van der Waals surface area contributed by atoms with E-state index in [0.717, 1.165) is 18.8 Å². The quantitative estimate of drug-likeness (QED) is 0.809. The molecule has 1 heterocycles. The van der Waals surface area contributed by atoms with E-state index in [-0.39, 0.29) is 6.04 Å². The van der Waals surface area contributed by atoms with E-state index in [9.17, 15) is 0 Å². The molecule has 1 aliphatic rings. The van der Waals surface area contributed by atoms with Gasteiger partial charge in [-0.15, -0.1) is 0 Å². The van der Waals surface area contributed by atoms with E-state index >= 15 is 0 Å². The first-order valence-electron chi connectivity index (χ1n) is 6.71. The molecule has 2 nitrogen and oxygen atoms in total. The molecular formula is C14H24N2. The van der Waals surface area contributed by atoms with Crippen molar-refractivity contribution >= 4 is 0 Å². The molecule has 0 saturated heterocycles. The molecule has 0 radical (unpaired) electrons. The molecule has 1 aromatic rings. The van der Waals surface area contributed by atoms with Gasteiger partial charge >= 0.3 is 0 Å². The molecular weight excluding hydrogens is 196 g/mol. The van der Waals surface area contributed by atoms with Gasteiger partial charge in [-0.1, -0.05) is 26.2 Å². The molecule has 16 heavy (non-hydrogen) atoms. The van der Waals surface area contributed by atoms with Crippen LogP contribution in [0.1, 0.15) is 57.1 Å². The molecule has 0 spiro atoms. The first-order chi connectivity index (χ1) is 7.79. The summed E-state index contributed by atoms with van der Waals surface area (Å²) in [4.78, 5) is 0. The van der Waals surface area contributed by atoms with Crippen LogP contribution in [0.25, 0.3) is 0 Å². The summed E-state index contributed by atoms with van der Waals surface area (Å²) in [5.74, 6) is 0.905. The van der Waals surface area contributed by atoms with E-state index in [2.05, 4.69) is 30.0 Å². The van der Waals surface area contributed by atoms with Crippen molar-refractivity contribution in [3.63, 3.8) is 0 Å². The van der Waals surface area contributed by atoms with Gasteiger partial charge in [0.2, 0.25) is 0 Å². The molecule has 1 atom stereocenters. The lowest BCUT2D eigenvalue weighted by Gasteiger charge is -2.10. The van der Waals surface area contributed by atoms with Crippen molar-refractivity contribution in [1.29, 1.82) is 0 Å². The third kappa shape index (κ3) is 2.88. The maximum atomic E-state index is 6.11. The van der Waals surface area contributed by atoms with Gasteiger partial charge in [-0.05, 0) is 36.8 Å². The van der Waals surface area contributed by atoms with Crippen LogP contribution >= 0.6 is 0 Å². The molecule has 1 aliphatic carbocycles. The van der Waals surface area contributed by atoms with Crippen LogP contribution in [0, 0.1) is 5.92 Å². The third-order valence-electron chi connectivity index (χ3n) is 3.74. The average Bonchev–Trinajstić information content (AvgIpc) is 2.90. The lowest BCUT2D eigenvalue weighted by molar-refractivity contribution is 0.457. The van der Waals surface area contributed by atoms with E-state index in [1.807, 2.05) is 0 Å². The Bertz CT molecular complexity index is 310. The van der Waals surface area contributed by atoms with Gasteiger partial charge in [-0.25, -0.2) is 0 Å². The first kappa shape index (κ1) is 11.7. The minimum Gasteiger partial charge on any atom is -0.354 e. The van der Waals surface area contributed by atoms with Crippen molar-refractivity contribution in [2.45, 2.75) is 58.0 Å². The van der Waals surface area contributed by atoms with Gasteiger partial charge < -0.3 is 10.3 Å². The molecule has 1 unspecified atom stereocenters. The van der Waals surface area contributed by atoms with Gasteiger partial charge in [0.1, 0.15) is 0 Å². The predicted molar refractivity (Wildman–Crippen MR) is 68.2 cm³/mol. The highest BCUT2D eigenvalue weighted by Crippen LogP contribution is 2.26. The summed E-state index contributed by atoms with van der Waals surface area (Å²) >= 11 is 0. The number of hydrogen-bond donors (Lipinski definition) is 1. The van der Waals surface area contributed by atoms with Crippen LogP contribution < -0.4 is 5.73 Å². The second-order valence-corrected chi connectivity index (χ2v) is 5.19. The number of hydrogen-bond acceptors (Lipinski definition) is 1. The maximum Gasteiger partial charge on any atom is 0.0309 e. The van der Waals surface area contributed by atoms with Crippen LogP contribution in [-0.2, 0) is 6.54 Å². The average molecular weight is 220 g/mol. The summed E-state index contributed by atoms with van der Waals surface area (Å²) in [6, 6.07) is 2.42. The van der Waals surface area contributed by atoms with Gasteiger partial charge in [0.15, 0.2) is 0 Å². The fourth-order valence-electron chi connectivity index (χ4n) is 2.76. The molecule has 0 bridgehead atoms. The minimum atomic E-state index is 0.231. The fourth-order valence-corrected chi connectivity index (χ4v) is 2.76. The summed E-state index contributed by atoms with van der Waals surface area (Å²) in [5, 5.41) is 0. The standard InChI is InChI=1S/C14H24N2/c1-2-5-14(15)13-8-9-16(11-13)10-12-6-3-4-7-12/h8-9,11-12,14H,2-7,10,15H2,1H3. The Balaban J connectivity index is 1.90. The van der Waals surface area contributed by atoms with Crippen molar-refractivity contribution < 1.29 is 0 Å². The zero-order chi connectivity index (χ0) is 11.4. The van der Waals surface area contributed by atoms with E-state index in [0.29, 0.717) is 0 Å². The van der Waals surface area contributed by atoms with E-state index in [4.69, 9.17) is 5.73 Å². The monoisotopic (exact) mass is 220 g/mol. The molecule has 0 aromatic carbocycles. The Morgan fingerprint density at radius 3 is 2.88 bits per heavy atom. The van der Waals surface area contributed by atoms with Crippen LogP contribution in [0.3, 0.4) is 0 Å². The molecule has 0 amide bonds. The Morgan fingerprint density at radius 2 is 2.19 bits per heavy atom. The van der Waals surface area contributed by atoms with Crippen LogP contribution in [0.15, 0.2) is 18.5 Å². The van der Waals surface area contributed by atoms with Crippen molar-refractivity contribution in [3.05, 3.63) is 24.0 Å². The maximum absolute atomic E-state index is 6.11. The highest BCUT2D eigenvalue weighted by atomic mass is 14.9. The van der Waals surface area contributed by atoms with Gasteiger partial charge in [0.25, 0.3) is 0 Å². The molecule has 0 aliphatic heterocycles. The van der Waals surface area contributed by atoms with Crippen molar-refractivity contribution in [3.8, 4) is 0 Å². The van der Waals surface area contributed by atoms with Crippen LogP contribution in [0.5, 0.6) is 0 Å². The SMILES string of the molecule is CCCC(N)c1ccn(CC2CCCC2)c1. The van der Waals surface area contributed by atoms with Gasteiger partial charge in [-0.3, -0.25) is 0 Å². The second kappa shape index (κ2) is 5.53. The highest BCUT2D eigenvalue weighted by molar-refractivity contribution is 5.14. The Kier molecular flexibility index (Phi) is 4.05. The van der Waals surface area contributed by atoms with E-state index < -0.39 is 0 Å². The zero-order valence-electron chi connectivity index (χ0n) is 10.4. The van der Waals surface area contributed by atoms with Crippen molar-refractivity contribution in [2.24, 2.45) is 11.7 Å². The topological polar surface area (TPSA) is 30.9 Å². The lowest BCUT2D eigenvalue weighted by Crippen LogP contribution is -2.09. The van der Waals surface area contributed by atoms with E-state index in [1.54, 1.807) is 0 Å². The summed E-state index contributed by atoms with van der Waals surface area (Å²) in [7, 11) is 0. The summed E-state index contributed by atoms with van der Waals surface area (Å²) in [6.45, 7) is 3.38. The normalized spacial score (nSPS) is 19.1. The van der Waals surface area contributed by atoms with Crippen molar-refractivity contribution in [1.82, 2.24) is 4.57 Å². The molecule has 1 aromatic heterocycles. The predicted octanol–water partition coefficient (Wildman–Crippen LogP) is 3.48. The first-order valence-corrected chi connectivity index (χ1v) is 6.71. The molecule has 2 rings (SSSR count). The summed E-state index contributed by atoms with van der Waals surface area (Å²) < 4.78 is 2.33. The number of rotatable bonds is 5. The lowest BCUT2D eigenvalue weighted by atomic mass is 10.1. The summed E-state index contributed by atoms with van der Waals surface area (Å²) in [5.41, 5.74) is 7.42. The van der Waals surface area contributed by atoms with Crippen LogP contribution in [0.4, 0.5) is 0 Å². The largest absolute Gasteiger partial charge is 0.354 e. The smallest absolute Gasteiger partial charge is 0.0309 e. The Labute approximate surface area is 98.8 Å². The Morgan fingerprint density at radius 1 is 1.44 bits per heavy atom. The van der Waals surface area contributed by atoms with Gasteiger partial charge in [0, 0.05) is 25.0 Å². The van der Waals surface area contributed by atoms with Crippen LogP contribution in [-0.4, -0.2) is 4.57 Å². The van der Waals surface area contributed by atoms with Gasteiger partial charge in [-0.2, -0.15) is 0 Å². The molecule has 2 heteroatoms. The van der Waals surface area contributed by atoms with E-state index in [1.165, 1.54) is 37.8 Å². The number of nitrogens with two attached hydrogens (primary N) is 1. The highest BCUT2D eigenvalue weighted by Gasteiger charge is 2.15. The summed E-state index contributed by atoms with van der Waals surface area (Å²) in [6.07, 6.45) is 12.4. The molecule has 1 fully saturated rings. The van der Waals surface area contributed by atoms with Crippen molar-refractivity contribution in [2.75, 3.05) is 0 Å². The molecule has 2 N–H and O–H groups in total.